The van der Waals surface area contributed by atoms with Gasteiger partial charge in [0.25, 0.3) is 6.33 Å². The third-order valence-corrected chi connectivity index (χ3v) is 14.5. The minimum absolute atomic E-state index is 0. The molecule has 10 aromatic rings. The number of pyridine rings is 1. The third-order valence-electron chi connectivity index (χ3n) is 14.5. The van der Waals surface area contributed by atoms with Crippen molar-refractivity contribution >= 4 is 21.8 Å². The van der Waals surface area contributed by atoms with Gasteiger partial charge in [-0.3, -0.25) is 4.57 Å². The summed E-state index contributed by atoms with van der Waals surface area (Å²) in [7, 11) is 0. The first-order chi connectivity index (χ1) is 34.3. The first-order valence-corrected chi connectivity index (χ1v) is 25.4. The maximum Gasteiger partial charge on any atom is 0.267 e. The molecule has 0 radical (unpaired) electrons. The summed E-state index contributed by atoms with van der Waals surface area (Å²) in [5, 5.41) is 2.20. The molecule has 7 aromatic carbocycles. The third kappa shape index (κ3) is 9.66. The Hall–Kier alpha value is -6.81. The van der Waals surface area contributed by atoms with Crippen molar-refractivity contribution in [2.45, 2.75) is 111 Å². The topological polar surface area (TPSA) is 35.9 Å². The van der Waals surface area contributed by atoms with Crippen LogP contribution in [0.4, 0.5) is 0 Å². The molecule has 0 aliphatic carbocycles. The zero-order valence-electron chi connectivity index (χ0n) is 44.3. The Morgan fingerprint density at radius 2 is 1.16 bits per heavy atom. The Morgan fingerprint density at radius 3 is 1.82 bits per heavy atom. The molecule has 0 N–H and O–H groups in total. The second kappa shape index (κ2) is 19.6. The molecule has 372 valence electrons. The predicted octanol–water partition coefficient (Wildman–Crippen LogP) is 16.5. The average molecular weight is 1140 g/mol. The summed E-state index contributed by atoms with van der Waals surface area (Å²) in [5.74, 6) is 2.29. The fourth-order valence-corrected chi connectivity index (χ4v) is 10.6. The number of hydrogen-bond donors (Lipinski definition) is 0. The van der Waals surface area contributed by atoms with Crippen molar-refractivity contribution in [2.24, 2.45) is 0 Å². The summed E-state index contributed by atoms with van der Waals surface area (Å²) in [4.78, 5) is 5.01. The molecule has 0 saturated carbocycles. The van der Waals surface area contributed by atoms with Gasteiger partial charge in [0, 0.05) is 55.1 Å². The molecule has 0 aliphatic rings. The van der Waals surface area contributed by atoms with Gasteiger partial charge in [0.2, 0.25) is 0 Å². The van der Waals surface area contributed by atoms with Gasteiger partial charge in [0.1, 0.15) is 5.82 Å². The maximum absolute atomic E-state index is 7.06. The largest absolute Gasteiger partial charge is 0.510 e. The first kappa shape index (κ1) is 51.1. The van der Waals surface area contributed by atoms with Crippen molar-refractivity contribution < 1.29 is 30.4 Å². The van der Waals surface area contributed by atoms with Gasteiger partial charge in [-0.25, -0.2) is 4.98 Å². The van der Waals surface area contributed by atoms with Gasteiger partial charge in [0.15, 0.2) is 0 Å². The minimum atomic E-state index is -0.292. The van der Waals surface area contributed by atoms with Crippen LogP contribution < -0.4 is 9.30 Å². The molecule has 0 fully saturated rings. The fourth-order valence-electron chi connectivity index (χ4n) is 10.6. The Morgan fingerprint density at radius 1 is 0.548 bits per heavy atom. The predicted molar refractivity (Wildman–Crippen MR) is 297 cm³/mol. The van der Waals surface area contributed by atoms with Crippen LogP contribution in [0.15, 0.2) is 176 Å². The molecule has 0 amide bonds. The molecular weight excluding hydrogens is 1070 g/mol. The van der Waals surface area contributed by atoms with E-state index in [1.165, 1.54) is 33.5 Å². The summed E-state index contributed by atoms with van der Waals surface area (Å²) in [6.45, 7) is 27.5. The molecule has 0 saturated heterocycles. The van der Waals surface area contributed by atoms with Crippen molar-refractivity contribution in [1.82, 2.24) is 14.1 Å². The number of ether oxygens (including phenoxy) is 1. The molecule has 10 rings (SSSR count). The van der Waals surface area contributed by atoms with Gasteiger partial charge in [-0.2, -0.15) is 12.1 Å². The van der Waals surface area contributed by atoms with E-state index in [2.05, 4.69) is 279 Å². The second-order valence-electron chi connectivity index (χ2n) is 22.8. The van der Waals surface area contributed by atoms with Crippen molar-refractivity contribution in [3.8, 4) is 39.8 Å². The van der Waals surface area contributed by atoms with Gasteiger partial charge in [0.05, 0.1) is 17.1 Å². The maximum atomic E-state index is 7.06. The van der Waals surface area contributed by atoms with Crippen molar-refractivity contribution in [2.75, 3.05) is 0 Å². The molecule has 0 bridgehead atoms. The molecule has 0 aliphatic heterocycles. The van der Waals surface area contributed by atoms with Crippen molar-refractivity contribution in [3.63, 3.8) is 0 Å². The number of hydrogen-bond acceptors (Lipinski definition) is 2. The molecule has 5 nitrogen and oxygen atoms in total. The van der Waals surface area contributed by atoms with Gasteiger partial charge in [-0.1, -0.05) is 204 Å². The van der Waals surface area contributed by atoms with Crippen LogP contribution in [-0.4, -0.2) is 14.1 Å². The smallest absolute Gasteiger partial charge is 0.267 e. The standard InChI is InChI=1S/C67H66N4O.Pt/c1-45(2)55-30-19-20-31-56(55)46-38-52(70-44-69(62(64(3,4)5)63(70)65(6,7)8)51-29-23-28-49(40-51)66(9,10)47-24-15-13-16-25-47)42-54(39-46)72-53-34-35-58-57-32-21-22-33-59(57)71(60(58)43-53)61-41-50(36-37-68-61)67(11,12)48-26-17-14-18-27-48;/h13-41,45H,1-12H3;/q-2;. The molecule has 3 aromatic heterocycles. The van der Waals surface area contributed by atoms with Crippen LogP contribution >= 0.6 is 0 Å². The van der Waals surface area contributed by atoms with Crippen molar-refractivity contribution in [1.29, 1.82) is 0 Å². The number of para-hydroxylation sites is 1. The zero-order chi connectivity index (χ0) is 50.7. The van der Waals surface area contributed by atoms with E-state index in [-0.39, 0.29) is 42.7 Å². The van der Waals surface area contributed by atoms with Gasteiger partial charge in [-0.15, -0.1) is 35.2 Å². The van der Waals surface area contributed by atoms with Crippen LogP contribution in [0, 0.1) is 18.5 Å². The van der Waals surface area contributed by atoms with E-state index in [4.69, 9.17) is 9.72 Å². The number of fused-ring (bicyclic) bond motifs is 3. The summed E-state index contributed by atoms with van der Waals surface area (Å²) in [6, 6.07) is 68.1. The van der Waals surface area contributed by atoms with Crippen LogP contribution in [0.1, 0.15) is 128 Å². The fraction of sp³-hybridized carbons (Fsp3) is 0.254. The molecule has 6 heteroatoms. The minimum Gasteiger partial charge on any atom is -0.510 e. The summed E-state index contributed by atoms with van der Waals surface area (Å²) in [5.41, 5.74) is 13.5. The Balaban J connectivity index is 0.00000656. The summed E-state index contributed by atoms with van der Waals surface area (Å²) in [6.07, 6.45) is 5.87. The van der Waals surface area contributed by atoms with Crippen LogP contribution in [0.2, 0.25) is 0 Å². The SMILES string of the molecule is CC(C)c1ccccc1-c1cc(Oc2[c-]c3c(cc2)c2ccccc2n3-c2cc(C(C)(C)c3ccccc3)ccn2)[c-]c(-n2[c-][n+](-c3cccc(C(C)(C)c4ccccc4)c3)c(C(C)(C)C)c2C(C)(C)C)c1.[Pt]. The number of nitrogens with zero attached hydrogens (tertiary/aromatic N) is 4. The number of benzene rings is 7. The van der Waals surface area contributed by atoms with Crippen LogP contribution in [-0.2, 0) is 42.7 Å². The Kier molecular flexibility index (Phi) is 13.7. The first-order valence-electron chi connectivity index (χ1n) is 25.4. The van der Waals surface area contributed by atoms with E-state index >= 15 is 0 Å². The number of imidazole rings is 1. The summed E-state index contributed by atoms with van der Waals surface area (Å²) < 4.78 is 13.8. The molecule has 0 atom stereocenters. The number of rotatable bonds is 11. The van der Waals surface area contributed by atoms with Crippen molar-refractivity contribution in [3.05, 3.63) is 234 Å². The van der Waals surface area contributed by atoms with Crippen LogP contribution in [0.3, 0.4) is 0 Å². The van der Waals surface area contributed by atoms with Gasteiger partial charge in [-0.05, 0) is 91.5 Å². The average Bonchev–Trinajstić information content (AvgIpc) is 3.95. The quantitative estimate of drug-likeness (QED) is 0.0956. The van der Waals surface area contributed by atoms with E-state index in [0.29, 0.717) is 17.4 Å². The molecular formula is C67H66N4OPt-2. The van der Waals surface area contributed by atoms with E-state index < -0.39 is 0 Å². The second-order valence-corrected chi connectivity index (χ2v) is 22.8. The molecule has 73 heavy (non-hydrogen) atoms. The molecule has 0 unspecified atom stereocenters. The van der Waals surface area contributed by atoms with E-state index in [1.54, 1.807) is 0 Å². The van der Waals surface area contributed by atoms with E-state index in [0.717, 1.165) is 55.8 Å². The van der Waals surface area contributed by atoms with Gasteiger partial charge < -0.3 is 13.9 Å². The molecule has 0 spiro atoms. The van der Waals surface area contributed by atoms with Gasteiger partial charge >= 0.3 is 0 Å². The van der Waals surface area contributed by atoms with E-state index in [9.17, 15) is 0 Å². The monoisotopic (exact) mass is 1140 g/mol. The number of aromatic nitrogens is 4. The van der Waals surface area contributed by atoms with Crippen LogP contribution in [0.5, 0.6) is 11.5 Å². The van der Waals surface area contributed by atoms with E-state index in [1.807, 2.05) is 12.3 Å². The normalized spacial score (nSPS) is 12.4. The zero-order valence-corrected chi connectivity index (χ0v) is 46.6. The summed E-state index contributed by atoms with van der Waals surface area (Å²) >= 11 is 0. The van der Waals surface area contributed by atoms with Crippen LogP contribution in [0.25, 0.3) is 50.1 Å². The Labute approximate surface area is 447 Å². The Bertz CT molecular complexity index is 3600. The molecule has 3 heterocycles.